The number of nitrogens with two attached hydrogens (primary N) is 1. The Morgan fingerprint density at radius 1 is 1.20 bits per heavy atom. The fraction of sp³-hybridized carbons (Fsp3) is 0.857. The third-order valence-corrected chi connectivity index (χ3v) is 5.84. The topological polar surface area (TPSA) is 86.7 Å². The summed E-state index contributed by atoms with van der Waals surface area (Å²) in [5.74, 6) is 3.99. The SMILES string of the molecule is NC(CC1C2CC3CC(C2)CC1C3)C(=O)n1cnnn1. The first kappa shape index (κ1) is 12.4. The van der Waals surface area contributed by atoms with E-state index in [1.54, 1.807) is 0 Å². The van der Waals surface area contributed by atoms with Gasteiger partial charge in [-0.15, -0.1) is 5.10 Å². The van der Waals surface area contributed by atoms with E-state index in [-0.39, 0.29) is 5.91 Å². The van der Waals surface area contributed by atoms with E-state index >= 15 is 0 Å². The molecule has 2 N–H and O–H groups in total. The third kappa shape index (κ3) is 1.97. The molecule has 1 heterocycles. The molecule has 0 aliphatic heterocycles. The van der Waals surface area contributed by atoms with E-state index in [2.05, 4.69) is 15.5 Å². The third-order valence-electron chi connectivity index (χ3n) is 5.84. The Balaban J connectivity index is 1.45. The van der Waals surface area contributed by atoms with Gasteiger partial charge in [-0.25, -0.2) is 0 Å². The van der Waals surface area contributed by atoms with E-state index in [1.165, 1.54) is 43.1 Å². The summed E-state index contributed by atoms with van der Waals surface area (Å²) < 4.78 is 1.17. The van der Waals surface area contributed by atoms with Crippen molar-refractivity contribution in [2.24, 2.45) is 35.3 Å². The predicted molar refractivity (Wildman–Crippen MR) is 71.6 cm³/mol. The molecule has 4 bridgehead atoms. The van der Waals surface area contributed by atoms with E-state index in [0.29, 0.717) is 5.92 Å². The van der Waals surface area contributed by atoms with E-state index in [0.717, 1.165) is 30.1 Å². The smallest absolute Gasteiger partial charge is 0.266 e. The Labute approximate surface area is 118 Å². The van der Waals surface area contributed by atoms with Gasteiger partial charge in [-0.05, 0) is 78.5 Å². The van der Waals surface area contributed by atoms with Gasteiger partial charge in [-0.2, -0.15) is 4.68 Å². The number of rotatable bonds is 3. The van der Waals surface area contributed by atoms with E-state index < -0.39 is 6.04 Å². The number of hydrogen-bond donors (Lipinski definition) is 1. The molecule has 4 fully saturated rings. The van der Waals surface area contributed by atoms with Crippen LogP contribution in [-0.4, -0.2) is 32.2 Å². The lowest BCUT2D eigenvalue weighted by Gasteiger charge is -2.55. The molecule has 4 saturated carbocycles. The minimum atomic E-state index is -0.471. The van der Waals surface area contributed by atoms with Crippen LogP contribution in [0.15, 0.2) is 6.33 Å². The second-order valence-electron chi connectivity index (χ2n) is 7.03. The first-order chi connectivity index (χ1) is 9.70. The Bertz CT molecular complexity index is 472. The second-order valence-corrected chi connectivity index (χ2v) is 7.03. The van der Waals surface area contributed by atoms with Crippen LogP contribution >= 0.6 is 0 Å². The van der Waals surface area contributed by atoms with Gasteiger partial charge in [-0.3, -0.25) is 4.79 Å². The van der Waals surface area contributed by atoms with E-state index in [1.807, 2.05) is 0 Å². The minimum absolute atomic E-state index is 0.177. The van der Waals surface area contributed by atoms with Gasteiger partial charge in [0.25, 0.3) is 5.91 Å². The van der Waals surface area contributed by atoms with Gasteiger partial charge in [0, 0.05) is 0 Å². The Hall–Kier alpha value is -1.30. The zero-order chi connectivity index (χ0) is 13.7. The van der Waals surface area contributed by atoms with Gasteiger partial charge < -0.3 is 5.73 Å². The molecule has 5 rings (SSSR count). The normalized spacial score (nSPS) is 40.0. The van der Waals surface area contributed by atoms with Crippen molar-refractivity contribution in [1.82, 2.24) is 20.2 Å². The van der Waals surface area contributed by atoms with Crippen LogP contribution in [-0.2, 0) is 0 Å². The summed E-state index contributed by atoms with van der Waals surface area (Å²) in [5.41, 5.74) is 6.12. The van der Waals surface area contributed by atoms with Crippen LogP contribution in [0.4, 0.5) is 0 Å². The molecule has 0 amide bonds. The van der Waals surface area contributed by atoms with Crippen molar-refractivity contribution in [3.05, 3.63) is 6.33 Å². The Morgan fingerprint density at radius 2 is 1.85 bits per heavy atom. The highest BCUT2D eigenvalue weighted by Crippen LogP contribution is 2.57. The minimum Gasteiger partial charge on any atom is -0.320 e. The van der Waals surface area contributed by atoms with Gasteiger partial charge >= 0.3 is 0 Å². The van der Waals surface area contributed by atoms with Crippen LogP contribution in [0, 0.1) is 29.6 Å². The highest BCUT2D eigenvalue weighted by atomic mass is 16.2. The van der Waals surface area contributed by atoms with Gasteiger partial charge in [0.15, 0.2) is 0 Å². The molecule has 6 heteroatoms. The van der Waals surface area contributed by atoms with Crippen LogP contribution in [0.1, 0.15) is 43.3 Å². The molecule has 20 heavy (non-hydrogen) atoms. The van der Waals surface area contributed by atoms with Crippen molar-refractivity contribution >= 4 is 5.91 Å². The molecule has 0 radical (unpaired) electrons. The zero-order valence-electron chi connectivity index (χ0n) is 11.6. The molecule has 4 aliphatic rings. The van der Waals surface area contributed by atoms with Gasteiger partial charge in [0.05, 0.1) is 6.04 Å². The summed E-state index contributed by atoms with van der Waals surface area (Å²) in [6, 6.07) is -0.471. The summed E-state index contributed by atoms with van der Waals surface area (Å²) in [7, 11) is 0. The highest BCUT2D eigenvalue weighted by molar-refractivity contribution is 5.82. The fourth-order valence-corrected chi connectivity index (χ4v) is 5.25. The standard InChI is InChI=1S/C14H21N5O/c15-13(14(20)19-7-16-17-18-19)6-12-10-2-8-1-9(4-10)5-11(12)3-8/h7-13H,1-6,15H2. The van der Waals surface area contributed by atoms with Crippen LogP contribution < -0.4 is 5.73 Å². The van der Waals surface area contributed by atoms with Crippen molar-refractivity contribution in [3.63, 3.8) is 0 Å². The Kier molecular flexibility index (Phi) is 2.87. The second kappa shape index (κ2) is 4.62. The van der Waals surface area contributed by atoms with Crippen molar-refractivity contribution in [2.75, 3.05) is 0 Å². The van der Waals surface area contributed by atoms with Gasteiger partial charge in [0.2, 0.25) is 0 Å². The first-order valence-electron chi connectivity index (χ1n) is 7.73. The number of aromatic nitrogens is 4. The molecule has 108 valence electrons. The molecular formula is C14H21N5O. The zero-order valence-corrected chi connectivity index (χ0v) is 11.6. The highest BCUT2D eigenvalue weighted by Gasteiger charge is 2.48. The van der Waals surface area contributed by atoms with Crippen LogP contribution in [0.3, 0.4) is 0 Å². The van der Waals surface area contributed by atoms with E-state index in [9.17, 15) is 4.79 Å². The quantitative estimate of drug-likeness (QED) is 0.835. The maximum atomic E-state index is 12.2. The molecule has 1 aromatic rings. The van der Waals surface area contributed by atoms with Crippen molar-refractivity contribution in [1.29, 1.82) is 0 Å². The number of hydrogen-bond acceptors (Lipinski definition) is 5. The van der Waals surface area contributed by atoms with Crippen LogP contribution in [0.5, 0.6) is 0 Å². The average Bonchev–Trinajstić information content (AvgIpc) is 2.95. The largest absolute Gasteiger partial charge is 0.320 e. The summed E-state index contributed by atoms with van der Waals surface area (Å²) >= 11 is 0. The molecule has 6 nitrogen and oxygen atoms in total. The molecule has 1 atom stereocenters. The summed E-state index contributed by atoms with van der Waals surface area (Å²) in [6.07, 6.45) is 9.04. The molecule has 0 saturated heterocycles. The molecule has 1 unspecified atom stereocenters. The van der Waals surface area contributed by atoms with Crippen molar-refractivity contribution < 1.29 is 4.79 Å². The lowest BCUT2D eigenvalue weighted by atomic mass is 9.51. The maximum absolute atomic E-state index is 12.2. The number of nitrogens with zero attached hydrogens (tertiary/aromatic N) is 4. The fourth-order valence-electron chi connectivity index (χ4n) is 5.25. The molecule has 4 aliphatic carbocycles. The predicted octanol–water partition coefficient (Wildman–Crippen LogP) is 1.10. The molecule has 1 aromatic heterocycles. The number of carbonyl (C=O) groups is 1. The maximum Gasteiger partial charge on any atom is 0.266 e. The molecule has 0 spiro atoms. The summed E-state index contributed by atoms with van der Waals surface area (Å²) in [4.78, 5) is 12.2. The average molecular weight is 275 g/mol. The molecule has 0 aromatic carbocycles. The van der Waals surface area contributed by atoms with Crippen LogP contribution in [0.2, 0.25) is 0 Å². The van der Waals surface area contributed by atoms with Gasteiger partial charge in [0.1, 0.15) is 6.33 Å². The lowest BCUT2D eigenvalue weighted by Crippen LogP contribution is -2.48. The van der Waals surface area contributed by atoms with E-state index in [4.69, 9.17) is 5.73 Å². The van der Waals surface area contributed by atoms with Crippen LogP contribution in [0.25, 0.3) is 0 Å². The lowest BCUT2D eigenvalue weighted by molar-refractivity contribution is -0.0413. The monoisotopic (exact) mass is 275 g/mol. The summed E-state index contributed by atoms with van der Waals surface area (Å²) in [6.45, 7) is 0. The first-order valence-corrected chi connectivity index (χ1v) is 7.73. The van der Waals surface area contributed by atoms with Crippen molar-refractivity contribution in [2.45, 2.75) is 44.6 Å². The summed E-state index contributed by atoms with van der Waals surface area (Å²) in [5, 5.41) is 10.7. The molecular weight excluding hydrogens is 254 g/mol. The van der Waals surface area contributed by atoms with Gasteiger partial charge in [-0.1, -0.05) is 0 Å². The van der Waals surface area contributed by atoms with Crippen molar-refractivity contribution in [3.8, 4) is 0 Å². The Morgan fingerprint density at radius 3 is 2.40 bits per heavy atom. The number of carbonyl (C=O) groups excluding carboxylic acids is 1. The number of tetrazole rings is 1.